The van der Waals surface area contributed by atoms with Crippen LogP contribution in [-0.2, 0) is 0 Å². The van der Waals surface area contributed by atoms with Crippen molar-refractivity contribution in [3.05, 3.63) is 66.0 Å². The van der Waals surface area contributed by atoms with Crippen LogP contribution in [0.5, 0.6) is 0 Å². The normalized spacial score (nSPS) is 10.1. The fourth-order valence-corrected chi connectivity index (χ4v) is 2.09. The van der Waals surface area contributed by atoms with E-state index in [1.54, 1.807) is 41.2 Å². The van der Waals surface area contributed by atoms with Crippen molar-refractivity contribution in [1.82, 2.24) is 19.5 Å². The molecule has 0 unspecified atom stereocenters. The lowest BCUT2D eigenvalue weighted by Crippen LogP contribution is -2.14. The zero-order valence-electron chi connectivity index (χ0n) is 12.3. The van der Waals surface area contributed by atoms with E-state index in [0.29, 0.717) is 22.8 Å². The van der Waals surface area contributed by atoms with E-state index in [2.05, 4.69) is 20.3 Å². The Morgan fingerprint density at radius 3 is 2.87 bits per heavy atom. The summed E-state index contributed by atoms with van der Waals surface area (Å²) in [6, 6.07) is 10.1. The third-order valence-corrected chi connectivity index (χ3v) is 3.22. The Bertz CT molecular complexity index is 909. The molecule has 7 nitrogen and oxygen atoms in total. The van der Waals surface area contributed by atoms with E-state index in [0.717, 1.165) is 5.82 Å². The highest BCUT2D eigenvalue weighted by Crippen LogP contribution is 2.12. The molecule has 2 heterocycles. The molecule has 0 fully saturated rings. The minimum atomic E-state index is -0.339. The molecule has 0 atom stereocenters. The number of imidazole rings is 1. The molecule has 1 amide bonds. The smallest absolute Gasteiger partial charge is 0.256 e. The minimum absolute atomic E-state index is 0.339. The maximum Gasteiger partial charge on any atom is 0.256 e. The molecule has 0 saturated heterocycles. The summed E-state index contributed by atoms with van der Waals surface area (Å²) in [5.74, 6) is 1.42. The monoisotopic (exact) mass is 304 g/mol. The second-order valence-electron chi connectivity index (χ2n) is 4.75. The number of nitriles is 1. The van der Waals surface area contributed by atoms with Gasteiger partial charge in [-0.15, -0.1) is 0 Å². The van der Waals surface area contributed by atoms with Crippen LogP contribution >= 0.6 is 0 Å². The third-order valence-electron chi connectivity index (χ3n) is 3.22. The van der Waals surface area contributed by atoms with E-state index in [4.69, 9.17) is 5.26 Å². The molecular weight excluding hydrogens is 292 g/mol. The molecule has 1 aromatic carbocycles. The van der Waals surface area contributed by atoms with Crippen molar-refractivity contribution in [1.29, 1.82) is 5.26 Å². The number of carbonyl (C=O) groups excluding carboxylic acids is 1. The molecular formula is C16H12N6O. The van der Waals surface area contributed by atoms with Gasteiger partial charge in [0.25, 0.3) is 5.91 Å². The predicted molar refractivity (Wildman–Crippen MR) is 83.0 cm³/mol. The van der Waals surface area contributed by atoms with Crippen LogP contribution in [0.1, 0.15) is 21.7 Å². The minimum Gasteiger partial charge on any atom is -0.306 e. The van der Waals surface area contributed by atoms with Gasteiger partial charge >= 0.3 is 0 Å². The summed E-state index contributed by atoms with van der Waals surface area (Å²) in [6.45, 7) is 1.85. The Labute approximate surface area is 132 Å². The quantitative estimate of drug-likeness (QED) is 0.799. The van der Waals surface area contributed by atoms with E-state index in [1.165, 1.54) is 12.4 Å². The van der Waals surface area contributed by atoms with Crippen molar-refractivity contribution in [3.63, 3.8) is 0 Å². The van der Waals surface area contributed by atoms with Gasteiger partial charge in [0, 0.05) is 24.0 Å². The summed E-state index contributed by atoms with van der Waals surface area (Å²) in [7, 11) is 0. The summed E-state index contributed by atoms with van der Waals surface area (Å²) in [5, 5.41) is 11.6. The molecule has 7 heteroatoms. The van der Waals surface area contributed by atoms with Crippen LogP contribution in [0.4, 0.5) is 5.82 Å². The lowest BCUT2D eigenvalue weighted by Gasteiger charge is -2.07. The first-order valence-corrected chi connectivity index (χ1v) is 6.81. The van der Waals surface area contributed by atoms with E-state index in [9.17, 15) is 4.79 Å². The fraction of sp³-hybridized carbons (Fsp3) is 0.0625. The topological polar surface area (TPSA) is 96.5 Å². The molecule has 0 aliphatic carbocycles. The highest BCUT2D eigenvalue weighted by atomic mass is 16.1. The first kappa shape index (κ1) is 14.4. The van der Waals surface area contributed by atoms with Crippen molar-refractivity contribution >= 4 is 11.7 Å². The van der Waals surface area contributed by atoms with Gasteiger partial charge in [0.2, 0.25) is 0 Å². The Morgan fingerprint density at radius 1 is 1.26 bits per heavy atom. The average Bonchev–Trinajstić information content (AvgIpc) is 3.01. The second kappa shape index (κ2) is 6.07. The molecule has 2 aromatic heterocycles. The zero-order valence-corrected chi connectivity index (χ0v) is 12.3. The standard InChI is InChI=1S/C16H12N6O/c1-11-18-5-6-22(11)15-8-14(19-10-20-15)21-16(23)13-4-2-3-12(7-13)9-17/h2-8,10H,1H3,(H,19,20,21,23). The van der Waals surface area contributed by atoms with Gasteiger partial charge in [-0.1, -0.05) is 6.07 Å². The number of carbonyl (C=O) groups is 1. The zero-order chi connectivity index (χ0) is 16.2. The number of aryl methyl sites for hydroxylation is 1. The average molecular weight is 304 g/mol. The van der Waals surface area contributed by atoms with Crippen LogP contribution in [0.3, 0.4) is 0 Å². The predicted octanol–water partition coefficient (Wildman–Crippen LogP) is 2.09. The molecule has 0 bridgehead atoms. The second-order valence-corrected chi connectivity index (χ2v) is 4.75. The molecule has 3 rings (SSSR count). The van der Waals surface area contributed by atoms with Gasteiger partial charge in [0.1, 0.15) is 23.8 Å². The molecule has 0 spiro atoms. The maximum absolute atomic E-state index is 12.2. The van der Waals surface area contributed by atoms with E-state index >= 15 is 0 Å². The largest absolute Gasteiger partial charge is 0.306 e. The van der Waals surface area contributed by atoms with Gasteiger partial charge in [0.15, 0.2) is 0 Å². The molecule has 0 aliphatic rings. The number of aromatic nitrogens is 4. The van der Waals surface area contributed by atoms with Crippen molar-refractivity contribution in [2.75, 3.05) is 5.32 Å². The molecule has 23 heavy (non-hydrogen) atoms. The van der Waals surface area contributed by atoms with Crippen molar-refractivity contribution in [2.24, 2.45) is 0 Å². The van der Waals surface area contributed by atoms with Crippen LogP contribution in [-0.4, -0.2) is 25.4 Å². The Balaban J connectivity index is 1.84. The Morgan fingerprint density at radius 2 is 2.13 bits per heavy atom. The number of nitrogens with zero attached hydrogens (tertiary/aromatic N) is 5. The number of benzene rings is 1. The number of rotatable bonds is 3. The first-order chi connectivity index (χ1) is 11.2. The Hall–Kier alpha value is -3.53. The highest BCUT2D eigenvalue weighted by molar-refractivity contribution is 6.04. The van der Waals surface area contributed by atoms with Gasteiger partial charge in [-0.3, -0.25) is 9.36 Å². The van der Waals surface area contributed by atoms with Crippen LogP contribution in [0, 0.1) is 18.3 Å². The van der Waals surface area contributed by atoms with Crippen LogP contribution in [0.15, 0.2) is 49.1 Å². The summed E-state index contributed by atoms with van der Waals surface area (Å²) in [6.07, 6.45) is 4.82. The van der Waals surface area contributed by atoms with Gasteiger partial charge in [-0.05, 0) is 25.1 Å². The molecule has 112 valence electrons. The van der Waals surface area contributed by atoms with Gasteiger partial charge in [0.05, 0.1) is 11.6 Å². The Kier molecular flexibility index (Phi) is 3.80. The molecule has 0 radical (unpaired) electrons. The number of hydrogen-bond donors (Lipinski definition) is 1. The number of anilines is 1. The molecule has 0 saturated carbocycles. The molecule has 1 N–H and O–H groups in total. The summed E-state index contributed by atoms with van der Waals surface area (Å²) < 4.78 is 1.79. The van der Waals surface area contributed by atoms with Crippen LogP contribution in [0.2, 0.25) is 0 Å². The number of amides is 1. The third kappa shape index (κ3) is 3.06. The summed E-state index contributed by atoms with van der Waals surface area (Å²) >= 11 is 0. The van der Waals surface area contributed by atoms with E-state index in [-0.39, 0.29) is 5.91 Å². The SMILES string of the molecule is Cc1nccn1-c1cc(NC(=O)c2cccc(C#N)c2)ncn1. The van der Waals surface area contributed by atoms with Crippen molar-refractivity contribution < 1.29 is 4.79 Å². The lowest BCUT2D eigenvalue weighted by molar-refractivity contribution is 0.102. The number of hydrogen-bond acceptors (Lipinski definition) is 5. The highest BCUT2D eigenvalue weighted by Gasteiger charge is 2.09. The first-order valence-electron chi connectivity index (χ1n) is 6.81. The summed E-state index contributed by atoms with van der Waals surface area (Å²) in [5.41, 5.74) is 0.818. The fourth-order valence-electron chi connectivity index (χ4n) is 2.09. The maximum atomic E-state index is 12.2. The van der Waals surface area contributed by atoms with E-state index in [1.807, 2.05) is 13.0 Å². The molecule has 0 aliphatic heterocycles. The lowest BCUT2D eigenvalue weighted by atomic mass is 10.1. The summed E-state index contributed by atoms with van der Waals surface area (Å²) in [4.78, 5) is 24.6. The molecule has 3 aromatic rings. The van der Waals surface area contributed by atoms with Gasteiger partial charge in [-0.2, -0.15) is 5.26 Å². The van der Waals surface area contributed by atoms with Crippen LogP contribution < -0.4 is 5.32 Å². The number of nitrogens with one attached hydrogen (secondary N) is 1. The van der Waals surface area contributed by atoms with Crippen molar-refractivity contribution in [3.8, 4) is 11.9 Å². The van der Waals surface area contributed by atoms with E-state index < -0.39 is 0 Å². The van der Waals surface area contributed by atoms with Gasteiger partial charge < -0.3 is 5.32 Å². The van der Waals surface area contributed by atoms with Crippen molar-refractivity contribution in [2.45, 2.75) is 6.92 Å². The van der Waals surface area contributed by atoms with Crippen LogP contribution in [0.25, 0.3) is 5.82 Å². The van der Waals surface area contributed by atoms with Gasteiger partial charge in [-0.25, -0.2) is 15.0 Å².